The fraction of sp³-hybridized carbons (Fsp3) is 0.294. The van der Waals surface area contributed by atoms with Gasteiger partial charge in [-0.2, -0.15) is 0 Å². The van der Waals surface area contributed by atoms with E-state index in [4.69, 9.17) is 4.74 Å². The Morgan fingerprint density at radius 3 is 2.61 bits per heavy atom. The summed E-state index contributed by atoms with van der Waals surface area (Å²) in [4.78, 5) is 26.7. The second-order valence-corrected chi connectivity index (χ2v) is 7.20. The predicted molar refractivity (Wildman–Crippen MR) is 91.3 cm³/mol. The second-order valence-electron chi connectivity index (χ2n) is 6.12. The van der Waals surface area contributed by atoms with E-state index in [1.807, 2.05) is 20.8 Å². The summed E-state index contributed by atoms with van der Waals surface area (Å²) in [5, 5.41) is 9.77. The molecule has 122 valence electrons. The Bertz CT molecular complexity index is 900. The number of H-pyrrole nitrogens is 1. The number of hydrogen-bond donors (Lipinski definition) is 2. The molecule has 1 heterocycles. The van der Waals surface area contributed by atoms with Crippen molar-refractivity contribution in [1.82, 2.24) is 4.98 Å². The van der Waals surface area contributed by atoms with E-state index in [9.17, 15) is 14.7 Å². The van der Waals surface area contributed by atoms with E-state index < -0.39 is 5.41 Å². The van der Waals surface area contributed by atoms with Crippen LogP contribution in [0.1, 0.15) is 26.3 Å². The van der Waals surface area contributed by atoms with Gasteiger partial charge in [0.05, 0.1) is 16.3 Å². The van der Waals surface area contributed by atoms with Crippen LogP contribution in [0.2, 0.25) is 0 Å². The topological polar surface area (TPSA) is 79.4 Å². The first-order valence-corrected chi connectivity index (χ1v) is 7.86. The number of rotatable bonds is 3. The van der Waals surface area contributed by atoms with Crippen molar-refractivity contribution in [3.63, 3.8) is 0 Å². The van der Waals surface area contributed by atoms with E-state index in [-0.39, 0.29) is 17.1 Å². The maximum atomic E-state index is 12.0. The Balaban J connectivity index is 2.46. The first-order valence-electron chi connectivity index (χ1n) is 7.05. The highest BCUT2D eigenvalue weighted by atomic mass is 32.1. The maximum Gasteiger partial charge on any atom is 0.266 e. The molecular weight excluding hydrogens is 314 g/mol. The number of phenols is 1. The van der Waals surface area contributed by atoms with Crippen LogP contribution in [0.25, 0.3) is 12.2 Å². The molecule has 0 saturated heterocycles. The Hall–Kier alpha value is -2.34. The zero-order valence-electron chi connectivity index (χ0n) is 13.5. The minimum Gasteiger partial charge on any atom is -0.504 e. The van der Waals surface area contributed by atoms with Crippen LogP contribution in [0, 0.1) is 5.41 Å². The van der Waals surface area contributed by atoms with Crippen molar-refractivity contribution in [1.29, 1.82) is 0 Å². The largest absolute Gasteiger partial charge is 0.504 e. The van der Waals surface area contributed by atoms with Crippen LogP contribution in [0.4, 0.5) is 0 Å². The molecule has 1 aromatic heterocycles. The third-order valence-corrected chi connectivity index (χ3v) is 4.15. The Kier molecular flexibility index (Phi) is 4.75. The van der Waals surface area contributed by atoms with Gasteiger partial charge in [0.15, 0.2) is 17.3 Å². The zero-order valence-corrected chi connectivity index (χ0v) is 14.3. The minimum atomic E-state index is -0.494. The molecule has 5 nitrogen and oxygen atoms in total. The van der Waals surface area contributed by atoms with Gasteiger partial charge in [0.2, 0.25) is 0 Å². The molecule has 0 amide bonds. The molecule has 0 atom stereocenters. The van der Waals surface area contributed by atoms with Crippen LogP contribution in [0.5, 0.6) is 11.5 Å². The van der Waals surface area contributed by atoms with Gasteiger partial charge >= 0.3 is 0 Å². The number of Topliss-reactive ketones (excluding diaryl/α,β-unsaturated/α-hetero) is 1. The summed E-state index contributed by atoms with van der Waals surface area (Å²) in [5.74, 6) is 0.319. The summed E-state index contributed by atoms with van der Waals surface area (Å²) in [5.41, 5.74) is -0.0883. The van der Waals surface area contributed by atoms with E-state index in [1.165, 1.54) is 30.6 Å². The highest BCUT2D eigenvalue weighted by Gasteiger charge is 2.18. The van der Waals surface area contributed by atoms with Crippen molar-refractivity contribution in [2.24, 2.45) is 5.41 Å². The molecule has 6 heteroatoms. The third-order valence-electron chi connectivity index (χ3n) is 3.18. The molecular formula is C17H19NO4S. The molecule has 0 aliphatic heterocycles. The van der Waals surface area contributed by atoms with Gasteiger partial charge < -0.3 is 14.8 Å². The number of benzene rings is 1. The molecule has 2 N–H and O–H groups in total. The number of aromatic amines is 1. The fourth-order valence-corrected chi connectivity index (χ4v) is 2.69. The number of hydrogen-bond acceptors (Lipinski definition) is 5. The highest BCUT2D eigenvalue weighted by Crippen LogP contribution is 2.26. The standard InChI is InChI=1S/C17H19NO4S/c1-17(2,3)14(20)9-15-18-16(21)13(23-15)8-10-5-6-12(22-4)11(19)7-10/h5-9,19H,1-4H3,(H,18,21). The SMILES string of the molecule is COc1ccc(C=c2sc(=CC(=O)C(C)(C)C)[nH]c2=O)cc1O. The van der Waals surface area contributed by atoms with Crippen LogP contribution >= 0.6 is 11.3 Å². The summed E-state index contributed by atoms with van der Waals surface area (Å²) in [6, 6.07) is 4.88. The van der Waals surface area contributed by atoms with Crippen LogP contribution < -0.4 is 19.5 Å². The molecule has 0 spiro atoms. The number of phenolic OH excluding ortho intramolecular Hbond substituents is 1. The van der Waals surface area contributed by atoms with E-state index >= 15 is 0 Å². The normalized spacial score (nSPS) is 13.4. The minimum absolute atomic E-state index is 0.00364. The fourth-order valence-electron chi connectivity index (χ4n) is 1.81. The molecule has 0 bridgehead atoms. The molecule has 0 aliphatic rings. The monoisotopic (exact) mass is 333 g/mol. The molecule has 1 aromatic carbocycles. The average molecular weight is 333 g/mol. The molecule has 2 aromatic rings. The lowest BCUT2D eigenvalue weighted by Gasteiger charge is -2.12. The van der Waals surface area contributed by atoms with Gasteiger partial charge in [0.25, 0.3) is 5.56 Å². The van der Waals surface area contributed by atoms with Gasteiger partial charge in [-0.15, -0.1) is 11.3 Å². The zero-order chi connectivity index (χ0) is 17.2. The van der Waals surface area contributed by atoms with Crippen molar-refractivity contribution in [3.8, 4) is 11.5 Å². The number of thiazole rings is 1. The van der Waals surface area contributed by atoms with Gasteiger partial charge in [0, 0.05) is 11.5 Å². The lowest BCUT2D eigenvalue weighted by molar-refractivity contribution is -0.119. The number of aromatic hydroxyl groups is 1. The lowest BCUT2D eigenvalue weighted by Crippen LogP contribution is -2.22. The maximum absolute atomic E-state index is 12.0. The van der Waals surface area contributed by atoms with Gasteiger partial charge in [0.1, 0.15) is 0 Å². The Labute approximate surface area is 137 Å². The number of aromatic nitrogens is 1. The second kappa shape index (κ2) is 6.42. The van der Waals surface area contributed by atoms with Crippen LogP contribution in [-0.4, -0.2) is 23.0 Å². The summed E-state index contributed by atoms with van der Waals surface area (Å²) in [7, 11) is 1.47. The van der Waals surface area contributed by atoms with Crippen LogP contribution in [-0.2, 0) is 4.79 Å². The highest BCUT2D eigenvalue weighted by molar-refractivity contribution is 7.07. The number of carbonyl (C=O) groups excluding carboxylic acids is 1. The summed E-state index contributed by atoms with van der Waals surface area (Å²) < 4.78 is 5.96. The van der Waals surface area contributed by atoms with Crippen molar-refractivity contribution in [2.75, 3.05) is 7.11 Å². The van der Waals surface area contributed by atoms with E-state index in [0.29, 0.717) is 20.5 Å². The molecule has 0 unspecified atom stereocenters. The third kappa shape index (κ3) is 4.10. The number of nitrogens with one attached hydrogen (secondary N) is 1. The van der Waals surface area contributed by atoms with Gasteiger partial charge in [-0.3, -0.25) is 9.59 Å². The van der Waals surface area contributed by atoms with Crippen molar-refractivity contribution >= 4 is 29.3 Å². The Morgan fingerprint density at radius 1 is 1.35 bits per heavy atom. The molecule has 2 rings (SSSR count). The molecule has 0 fully saturated rings. The first-order chi connectivity index (χ1) is 10.7. The molecule has 0 saturated carbocycles. The summed E-state index contributed by atoms with van der Waals surface area (Å²) in [6.07, 6.45) is 3.11. The van der Waals surface area contributed by atoms with Gasteiger partial charge in [-0.1, -0.05) is 26.8 Å². The van der Waals surface area contributed by atoms with Crippen LogP contribution in [0.15, 0.2) is 23.0 Å². The Morgan fingerprint density at radius 2 is 2.04 bits per heavy atom. The van der Waals surface area contributed by atoms with E-state index in [0.717, 1.165) is 0 Å². The lowest BCUT2D eigenvalue weighted by atomic mass is 9.91. The number of ether oxygens (including phenoxy) is 1. The predicted octanol–water partition coefficient (Wildman–Crippen LogP) is 1.38. The van der Waals surface area contributed by atoms with Crippen molar-refractivity contribution in [3.05, 3.63) is 43.3 Å². The van der Waals surface area contributed by atoms with Crippen LogP contribution in [0.3, 0.4) is 0 Å². The quantitative estimate of drug-likeness (QED) is 0.889. The number of ketones is 1. The average Bonchev–Trinajstić information content (AvgIpc) is 2.78. The van der Waals surface area contributed by atoms with Crippen molar-refractivity contribution < 1.29 is 14.6 Å². The smallest absolute Gasteiger partial charge is 0.266 e. The van der Waals surface area contributed by atoms with E-state index in [1.54, 1.807) is 18.2 Å². The van der Waals surface area contributed by atoms with Gasteiger partial charge in [-0.25, -0.2) is 0 Å². The number of carbonyl (C=O) groups is 1. The number of methoxy groups -OCH3 is 1. The summed E-state index contributed by atoms with van der Waals surface area (Å²) in [6.45, 7) is 5.47. The molecule has 0 radical (unpaired) electrons. The van der Waals surface area contributed by atoms with E-state index in [2.05, 4.69) is 4.98 Å². The van der Waals surface area contributed by atoms with Gasteiger partial charge in [-0.05, 0) is 23.8 Å². The van der Waals surface area contributed by atoms with Crippen molar-refractivity contribution in [2.45, 2.75) is 20.8 Å². The molecule has 0 aliphatic carbocycles. The first kappa shape index (κ1) is 17.0. The molecule has 23 heavy (non-hydrogen) atoms. The summed E-state index contributed by atoms with van der Waals surface area (Å²) >= 11 is 1.20.